The lowest BCUT2D eigenvalue weighted by atomic mass is 9.67. The predicted octanol–water partition coefficient (Wildman–Crippen LogP) is 2.30. The van der Waals surface area contributed by atoms with E-state index in [0.29, 0.717) is 19.6 Å². The number of benzene rings is 1. The van der Waals surface area contributed by atoms with Crippen LogP contribution >= 0.6 is 0 Å². The van der Waals surface area contributed by atoms with Crippen molar-refractivity contribution < 1.29 is 19.4 Å². The average Bonchev–Trinajstić information content (AvgIpc) is 2.46. The molecule has 0 amide bonds. The van der Waals surface area contributed by atoms with Crippen LogP contribution in [0.25, 0.3) is 0 Å². The molecule has 0 radical (unpaired) electrons. The summed E-state index contributed by atoms with van der Waals surface area (Å²) < 4.78 is 10.7. The Kier molecular flexibility index (Phi) is 4.78. The Hall–Kier alpha value is -1.39. The first kappa shape index (κ1) is 15.0. The Labute approximate surface area is 119 Å². The summed E-state index contributed by atoms with van der Waals surface area (Å²) in [7, 11) is 0. The van der Waals surface area contributed by atoms with E-state index in [1.165, 1.54) is 0 Å². The van der Waals surface area contributed by atoms with Crippen molar-refractivity contribution in [2.75, 3.05) is 6.61 Å². The van der Waals surface area contributed by atoms with Crippen LogP contribution in [0.3, 0.4) is 0 Å². The molecule has 1 aromatic carbocycles. The number of esters is 1. The van der Waals surface area contributed by atoms with Crippen molar-refractivity contribution in [1.29, 1.82) is 0 Å². The van der Waals surface area contributed by atoms with Crippen LogP contribution in [0.1, 0.15) is 32.3 Å². The van der Waals surface area contributed by atoms with Crippen LogP contribution in [0.2, 0.25) is 0 Å². The standard InChI is InChI=1S/C16H22O4/c1-3-19-14(17)9-13-10-16(2,15(13)18)20-11-12-7-5-4-6-8-12/h4-8,13,15,18H,3,9-11H2,1-2H3/t13-,15+,16+/m0/s1. The van der Waals surface area contributed by atoms with Gasteiger partial charge in [-0.15, -0.1) is 0 Å². The van der Waals surface area contributed by atoms with E-state index in [4.69, 9.17) is 9.47 Å². The number of ether oxygens (including phenoxy) is 2. The van der Waals surface area contributed by atoms with Crippen LogP contribution in [-0.2, 0) is 20.9 Å². The Morgan fingerprint density at radius 2 is 2.10 bits per heavy atom. The highest BCUT2D eigenvalue weighted by molar-refractivity contribution is 5.70. The first-order valence-corrected chi connectivity index (χ1v) is 7.06. The SMILES string of the molecule is CCOC(=O)C[C@H]1C[C@@](C)(OCc2ccccc2)[C@@H]1O. The minimum absolute atomic E-state index is 0.0603. The summed E-state index contributed by atoms with van der Waals surface area (Å²) in [6.07, 6.45) is 0.328. The van der Waals surface area contributed by atoms with Crippen LogP contribution in [0.5, 0.6) is 0 Å². The molecule has 0 bridgehead atoms. The number of carbonyl (C=O) groups is 1. The summed E-state index contributed by atoms with van der Waals surface area (Å²) in [5.41, 5.74) is 0.516. The average molecular weight is 278 g/mol. The van der Waals surface area contributed by atoms with Gasteiger partial charge >= 0.3 is 5.97 Å². The molecule has 1 fully saturated rings. The topological polar surface area (TPSA) is 55.8 Å². The Morgan fingerprint density at radius 3 is 2.70 bits per heavy atom. The maximum atomic E-state index is 11.4. The molecular formula is C16H22O4. The molecule has 4 heteroatoms. The van der Waals surface area contributed by atoms with Gasteiger partial charge in [-0.3, -0.25) is 4.79 Å². The molecule has 0 aliphatic heterocycles. The van der Waals surface area contributed by atoms with Gasteiger partial charge in [0, 0.05) is 5.92 Å². The van der Waals surface area contributed by atoms with Gasteiger partial charge < -0.3 is 14.6 Å². The van der Waals surface area contributed by atoms with E-state index in [2.05, 4.69) is 0 Å². The van der Waals surface area contributed by atoms with Gasteiger partial charge in [-0.2, -0.15) is 0 Å². The van der Waals surface area contributed by atoms with Crippen molar-refractivity contribution in [1.82, 2.24) is 0 Å². The first-order valence-electron chi connectivity index (χ1n) is 7.06. The molecule has 20 heavy (non-hydrogen) atoms. The molecule has 0 heterocycles. The third-order valence-corrected chi connectivity index (χ3v) is 3.89. The zero-order chi connectivity index (χ0) is 14.6. The van der Waals surface area contributed by atoms with E-state index in [1.807, 2.05) is 37.3 Å². The minimum atomic E-state index is -0.615. The van der Waals surface area contributed by atoms with Crippen LogP contribution < -0.4 is 0 Å². The van der Waals surface area contributed by atoms with Crippen molar-refractivity contribution in [3.63, 3.8) is 0 Å². The number of hydrogen-bond donors (Lipinski definition) is 1. The lowest BCUT2D eigenvalue weighted by molar-refractivity contribution is -0.215. The summed E-state index contributed by atoms with van der Waals surface area (Å²) in [5, 5.41) is 10.2. The van der Waals surface area contributed by atoms with Crippen LogP contribution in [0, 0.1) is 5.92 Å². The highest BCUT2D eigenvalue weighted by Crippen LogP contribution is 2.43. The molecule has 2 rings (SSSR count). The van der Waals surface area contributed by atoms with E-state index >= 15 is 0 Å². The van der Waals surface area contributed by atoms with Gasteiger partial charge in [0.25, 0.3) is 0 Å². The fourth-order valence-corrected chi connectivity index (χ4v) is 2.68. The molecule has 110 valence electrons. The van der Waals surface area contributed by atoms with Crippen LogP contribution in [0.4, 0.5) is 0 Å². The van der Waals surface area contributed by atoms with Crippen molar-refractivity contribution in [2.45, 2.75) is 45.0 Å². The Bertz CT molecular complexity index is 445. The third kappa shape index (κ3) is 3.38. The summed E-state index contributed by atoms with van der Waals surface area (Å²) in [6, 6.07) is 9.86. The second-order valence-electron chi connectivity index (χ2n) is 5.51. The monoisotopic (exact) mass is 278 g/mol. The molecule has 0 aromatic heterocycles. The highest BCUT2D eigenvalue weighted by Gasteiger charge is 2.51. The smallest absolute Gasteiger partial charge is 0.306 e. The van der Waals surface area contributed by atoms with Gasteiger partial charge in [-0.05, 0) is 25.8 Å². The van der Waals surface area contributed by atoms with Crippen LogP contribution in [-0.4, -0.2) is 29.4 Å². The van der Waals surface area contributed by atoms with Crippen molar-refractivity contribution in [3.05, 3.63) is 35.9 Å². The minimum Gasteiger partial charge on any atom is -0.466 e. The quantitative estimate of drug-likeness (QED) is 0.811. The first-order chi connectivity index (χ1) is 9.55. The molecule has 1 aliphatic carbocycles. The largest absolute Gasteiger partial charge is 0.466 e. The zero-order valence-electron chi connectivity index (χ0n) is 12.0. The van der Waals surface area contributed by atoms with Crippen molar-refractivity contribution in [2.24, 2.45) is 5.92 Å². The normalized spacial score (nSPS) is 28.8. The zero-order valence-corrected chi connectivity index (χ0v) is 12.0. The van der Waals surface area contributed by atoms with Gasteiger partial charge in [-0.25, -0.2) is 0 Å². The molecular weight excluding hydrogens is 256 g/mol. The number of hydrogen-bond acceptors (Lipinski definition) is 4. The summed E-state index contributed by atoms with van der Waals surface area (Å²) in [4.78, 5) is 11.4. The molecule has 4 nitrogen and oxygen atoms in total. The lowest BCUT2D eigenvalue weighted by Gasteiger charge is -2.49. The maximum Gasteiger partial charge on any atom is 0.306 e. The molecule has 1 saturated carbocycles. The fourth-order valence-electron chi connectivity index (χ4n) is 2.68. The molecule has 1 aliphatic rings. The van der Waals surface area contributed by atoms with Crippen LogP contribution in [0.15, 0.2) is 30.3 Å². The molecule has 1 aromatic rings. The van der Waals surface area contributed by atoms with Gasteiger partial charge in [0.1, 0.15) is 0 Å². The Balaban J connectivity index is 1.80. The van der Waals surface area contributed by atoms with Crippen molar-refractivity contribution >= 4 is 5.97 Å². The summed E-state index contributed by atoms with van der Waals surface area (Å²) in [6.45, 7) is 4.52. The van der Waals surface area contributed by atoms with E-state index < -0.39 is 11.7 Å². The lowest BCUT2D eigenvalue weighted by Crippen LogP contribution is -2.58. The highest BCUT2D eigenvalue weighted by atomic mass is 16.5. The van der Waals surface area contributed by atoms with Gasteiger partial charge in [0.05, 0.1) is 31.3 Å². The van der Waals surface area contributed by atoms with Gasteiger partial charge in [-0.1, -0.05) is 30.3 Å². The molecule has 0 unspecified atom stereocenters. The van der Waals surface area contributed by atoms with Crippen molar-refractivity contribution in [3.8, 4) is 0 Å². The molecule has 0 saturated heterocycles. The molecule has 1 N–H and O–H groups in total. The molecule has 3 atom stereocenters. The van der Waals surface area contributed by atoms with Gasteiger partial charge in [0.2, 0.25) is 0 Å². The maximum absolute atomic E-state index is 11.4. The number of rotatable bonds is 6. The third-order valence-electron chi connectivity index (χ3n) is 3.89. The number of carbonyl (C=O) groups excluding carboxylic acids is 1. The number of aliphatic hydroxyl groups is 1. The summed E-state index contributed by atoms with van der Waals surface area (Å²) >= 11 is 0. The predicted molar refractivity (Wildman–Crippen MR) is 75.0 cm³/mol. The van der Waals surface area contributed by atoms with E-state index in [9.17, 15) is 9.90 Å². The second-order valence-corrected chi connectivity index (χ2v) is 5.51. The molecule has 0 spiro atoms. The van der Waals surface area contributed by atoms with Gasteiger partial charge in [0.15, 0.2) is 0 Å². The van der Waals surface area contributed by atoms with E-state index in [0.717, 1.165) is 5.56 Å². The number of aliphatic hydroxyl groups excluding tert-OH is 1. The Morgan fingerprint density at radius 1 is 1.40 bits per heavy atom. The summed E-state index contributed by atoms with van der Waals surface area (Å²) in [5.74, 6) is -0.309. The second kappa shape index (κ2) is 6.37. The fraction of sp³-hybridized carbons (Fsp3) is 0.562. The van der Waals surface area contributed by atoms with E-state index in [1.54, 1.807) is 6.92 Å². The van der Waals surface area contributed by atoms with E-state index in [-0.39, 0.29) is 18.3 Å².